The molecular formula is C53H98NO7P. The highest BCUT2D eigenvalue weighted by atomic mass is 31.2. The van der Waals surface area contributed by atoms with Crippen LogP contribution in [0.2, 0.25) is 0 Å². The van der Waals surface area contributed by atoms with E-state index in [0.29, 0.717) is 13.0 Å². The van der Waals surface area contributed by atoms with Gasteiger partial charge in [0.25, 0.3) is 0 Å². The molecule has 2 atom stereocenters. The van der Waals surface area contributed by atoms with Crippen molar-refractivity contribution in [1.29, 1.82) is 0 Å². The third-order valence-corrected chi connectivity index (χ3v) is 11.9. The van der Waals surface area contributed by atoms with E-state index in [0.717, 1.165) is 57.8 Å². The van der Waals surface area contributed by atoms with Gasteiger partial charge in [0.15, 0.2) is 0 Å². The molecule has 0 aliphatic carbocycles. The molecule has 0 heterocycles. The molecule has 362 valence electrons. The van der Waals surface area contributed by atoms with Gasteiger partial charge < -0.3 is 20.1 Å². The van der Waals surface area contributed by atoms with Gasteiger partial charge in [-0.15, -0.1) is 0 Å². The van der Waals surface area contributed by atoms with Gasteiger partial charge in [-0.1, -0.05) is 203 Å². The number of hydrogen-bond acceptors (Lipinski definition) is 7. The predicted octanol–water partition coefficient (Wildman–Crippen LogP) is 16.1. The van der Waals surface area contributed by atoms with Crippen LogP contribution in [-0.2, 0) is 27.9 Å². The van der Waals surface area contributed by atoms with Crippen molar-refractivity contribution in [3.63, 3.8) is 0 Å². The predicted molar refractivity (Wildman–Crippen MR) is 266 cm³/mol. The Labute approximate surface area is 383 Å². The molecule has 0 rings (SSSR count). The second kappa shape index (κ2) is 50.2. The van der Waals surface area contributed by atoms with Gasteiger partial charge in [0, 0.05) is 19.6 Å². The molecule has 0 aliphatic heterocycles. The summed E-state index contributed by atoms with van der Waals surface area (Å²) in [5.41, 5.74) is 5.39. The van der Waals surface area contributed by atoms with Crippen LogP contribution in [0.25, 0.3) is 0 Å². The molecule has 9 heteroatoms. The molecule has 0 aromatic rings. The Morgan fingerprint density at radius 3 is 1.31 bits per heavy atom. The zero-order valence-electron chi connectivity index (χ0n) is 40.3. The summed E-state index contributed by atoms with van der Waals surface area (Å²) >= 11 is 0. The van der Waals surface area contributed by atoms with Crippen LogP contribution >= 0.6 is 7.82 Å². The average molecular weight is 892 g/mol. The SMILES string of the molecule is CCCCC/C=C\C/C=C\CCCCCCCCCC(=O)OC(COCCCCCCCCCCCCC/C=C\C/C=C\C/C=C\CCCCCCC)COP(=O)(O)OCCN. The standard InChI is InChI=1S/C53H98NO7P/c1-3-5-7-9-11-13-15-17-19-21-22-23-24-25-26-27-28-29-31-33-35-37-39-41-43-45-48-58-50-52(51-60-62(56,57)59-49-47-54)61-53(55)46-44-42-40-38-36-34-32-30-20-18-16-14-12-10-8-6-4-2/h12,14-15,17-18,20-22,24-25,52H,3-11,13,16,19,23,26-51,54H2,1-2H3,(H,56,57)/b14-12-,17-15-,20-18-,22-21-,25-24-. The summed E-state index contributed by atoms with van der Waals surface area (Å²) in [5, 5.41) is 0. The lowest BCUT2D eigenvalue weighted by Crippen LogP contribution is -2.28. The minimum Gasteiger partial charge on any atom is -0.457 e. The number of ether oxygens (including phenoxy) is 2. The molecule has 0 aromatic carbocycles. The average Bonchev–Trinajstić information content (AvgIpc) is 3.26. The zero-order chi connectivity index (χ0) is 45.1. The van der Waals surface area contributed by atoms with Crippen LogP contribution in [0.1, 0.15) is 232 Å². The van der Waals surface area contributed by atoms with Crippen molar-refractivity contribution in [2.45, 2.75) is 238 Å². The third kappa shape index (κ3) is 49.2. The monoisotopic (exact) mass is 892 g/mol. The molecule has 2 unspecified atom stereocenters. The number of hydrogen-bond donors (Lipinski definition) is 2. The van der Waals surface area contributed by atoms with Crippen LogP contribution in [0.3, 0.4) is 0 Å². The fourth-order valence-electron chi connectivity index (χ4n) is 7.09. The van der Waals surface area contributed by atoms with Gasteiger partial charge in [-0.25, -0.2) is 4.57 Å². The first-order chi connectivity index (χ1) is 30.4. The second-order valence-corrected chi connectivity index (χ2v) is 18.5. The van der Waals surface area contributed by atoms with Gasteiger partial charge in [0.05, 0.1) is 19.8 Å². The number of allylic oxidation sites excluding steroid dienone is 10. The van der Waals surface area contributed by atoms with E-state index in [1.807, 2.05) is 0 Å². The maximum absolute atomic E-state index is 12.6. The van der Waals surface area contributed by atoms with E-state index in [9.17, 15) is 14.3 Å². The molecule has 8 nitrogen and oxygen atoms in total. The van der Waals surface area contributed by atoms with Crippen LogP contribution in [-0.4, -0.2) is 49.9 Å². The maximum atomic E-state index is 12.6. The molecule has 0 fully saturated rings. The first-order valence-electron chi connectivity index (χ1n) is 25.8. The molecule has 0 bridgehead atoms. The largest absolute Gasteiger partial charge is 0.472 e. The molecule has 0 aromatic heterocycles. The first-order valence-corrected chi connectivity index (χ1v) is 27.3. The molecule has 0 radical (unpaired) electrons. The number of rotatable bonds is 49. The van der Waals surface area contributed by atoms with E-state index in [-0.39, 0.29) is 32.3 Å². The summed E-state index contributed by atoms with van der Waals surface area (Å²) in [4.78, 5) is 22.6. The Bertz CT molecular complexity index is 1140. The third-order valence-electron chi connectivity index (χ3n) is 10.9. The number of unbranched alkanes of at least 4 members (excludes halogenated alkanes) is 26. The summed E-state index contributed by atoms with van der Waals surface area (Å²) in [6, 6.07) is 0. The van der Waals surface area contributed by atoms with Crippen molar-refractivity contribution in [3.05, 3.63) is 60.8 Å². The summed E-state index contributed by atoms with van der Waals surface area (Å²) in [6.45, 7) is 4.88. The molecule has 0 spiro atoms. The zero-order valence-corrected chi connectivity index (χ0v) is 41.2. The van der Waals surface area contributed by atoms with Gasteiger partial charge in [-0.3, -0.25) is 13.8 Å². The van der Waals surface area contributed by atoms with Crippen molar-refractivity contribution >= 4 is 13.8 Å². The normalized spacial score (nSPS) is 13.8. The highest BCUT2D eigenvalue weighted by Gasteiger charge is 2.25. The topological polar surface area (TPSA) is 117 Å². The highest BCUT2D eigenvalue weighted by Crippen LogP contribution is 2.43. The number of phosphoric ester groups is 1. The van der Waals surface area contributed by atoms with E-state index in [1.54, 1.807) is 0 Å². The molecule has 62 heavy (non-hydrogen) atoms. The molecule has 0 aliphatic rings. The maximum Gasteiger partial charge on any atom is 0.472 e. The Morgan fingerprint density at radius 2 is 0.855 bits per heavy atom. The lowest BCUT2D eigenvalue weighted by Gasteiger charge is -2.20. The van der Waals surface area contributed by atoms with Gasteiger partial charge in [0.2, 0.25) is 0 Å². The summed E-state index contributed by atoms with van der Waals surface area (Å²) in [7, 11) is -4.29. The van der Waals surface area contributed by atoms with Crippen LogP contribution in [0.4, 0.5) is 0 Å². The number of carbonyl (C=O) groups excluding carboxylic acids is 1. The van der Waals surface area contributed by atoms with Crippen molar-refractivity contribution in [2.75, 3.05) is 33.0 Å². The van der Waals surface area contributed by atoms with Gasteiger partial charge in [0.1, 0.15) is 6.10 Å². The van der Waals surface area contributed by atoms with Crippen molar-refractivity contribution in [1.82, 2.24) is 0 Å². The fraction of sp³-hybridized carbons (Fsp3) is 0.792. The van der Waals surface area contributed by atoms with Crippen LogP contribution in [0, 0.1) is 0 Å². The quantitative estimate of drug-likeness (QED) is 0.0268. The van der Waals surface area contributed by atoms with Gasteiger partial charge in [-0.2, -0.15) is 0 Å². The lowest BCUT2D eigenvalue weighted by molar-refractivity contribution is -0.154. The smallest absolute Gasteiger partial charge is 0.457 e. The Kier molecular flexibility index (Phi) is 48.7. The molecule has 0 saturated carbocycles. The van der Waals surface area contributed by atoms with Crippen molar-refractivity contribution in [2.24, 2.45) is 5.73 Å². The van der Waals surface area contributed by atoms with Crippen LogP contribution in [0.15, 0.2) is 60.8 Å². The Morgan fingerprint density at radius 1 is 0.484 bits per heavy atom. The minimum atomic E-state index is -4.29. The number of nitrogens with two attached hydrogens (primary N) is 1. The number of carbonyl (C=O) groups is 1. The molecule has 0 saturated heterocycles. The minimum absolute atomic E-state index is 0.0966. The van der Waals surface area contributed by atoms with Gasteiger partial charge in [-0.05, 0) is 83.5 Å². The number of phosphoric acid groups is 1. The van der Waals surface area contributed by atoms with Crippen LogP contribution < -0.4 is 5.73 Å². The molecule has 3 N–H and O–H groups in total. The summed E-state index contributed by atoms with van der Waals surface area (Å²) in [5.74, 6) is -0.339. The fourth-order valence-corrected chi connectivity index (χ4v) is 7.86. The van der Waals surface area contributed by atoms with E-state index in [1.165, 1.54) is 154 Å². The van der Waals surface area contributed by atoms with Crippen LogP contribution in [0.5, 0.6) is 0 Å². The Hall–Kier alpha value is -1.80. The lowest BCUT2D eigenvalue weighted by atomic mass is 10.1. The number of esters is 1. The molecule has 0 amide bonds. The summed E-state index contributed by atoms with van der Waals surface area (Å²) < 4.78 is 33.6. The second-order valence-electron chi connectivity index (χ2n) is 17.0. The van der Waals surface area contributed by atoms with E-state index in [2.05, 4.69) is 74.6 Å². The Balaban J connectivity index is 3.94. The van der Waals surface area contributed by atoms with Crippen molar-refractivity contribution in [3.8, 4) is 0 Å². The summed E-state index contributed by atoms with van der Waals surface area (Å²) in [6.07, 6.45) is 62.5. The highest BCUT2D eigenvalue weighted by molar-refractivity contribution is 7.47. The van der Waals surface area contributed by atoms with Crippen molar-refractivity contribution < 1.29 is 32.8 Å². The van der Waals surface area contributed by atoms with E-state index < -0.39 is 13.9 Å². The molecular weight excluding hydrogens is 794 g/mol. The van der Waals surface area contributed by atoms with E-state index >= 15 is 0 Å². The van der Waals surface area contributed by atoms with E-state index in [4.69, 9.17) is 24.3 Å². The van der Waals surface area contributed by atoms with Gasteiger partial charge >= 0.3 is 13.8 Å². The first kappa shape index (κ1) is 60.2.